The van der Waals surface area contributed by atoms with E-state index in [0.717, 1.165) is 10.6 Å². The molecule has 3 rings (SSSR count). The second-order valence-corrected chi connectivity index (χ2v) is 11.9. The van der Waals surface area contributed by atoms with Crippen molar-refractivity contribution in [2.45, 2.75) is 32.5 Å². The van der Waals surface area contributed by atoms with Crippen LogP contribution in [0.5, 0.6) is 5.75 Å². The molecule has 0 radical (unpaired) electrons. The third-order valence-corrected chi connectivity index (χ3v) is 7.28. The average Bonchev–Trinajstić information content (AvgIpc) is 2.99. The molecule has 1 aliphatic heterocycles. The first-order chi connectivity index (χ1) is 15.8. The van der Waals surface area contributed by atoms with Crippen LogP contribution in [0.1, 0.15) is 25.0 Å². The highest BCUT2D eigenvalue weighted by atomic mass is 32.3. The van der Waals surface area contributed by atoms with Crippen molar-refractivity contribution in [1.29, 1.82) is 0 Å². The number of esters is 1. The summed E-state index contributed by atoms with van der Waals surface area (Å²) >= 11 is 0. The first-order valence-electron chi connectivity index (χ1n) is 10.4. The van der Waals surface area contributed by atoms with Crippen LogP contribution in [0.15, 0.2) is 42.5 Å². The number of hydrogen-bond acceptors (Lipinski definition) is 10. The Kier molecular flexibility index (Phi) is 7.77. The molecular weight excluding hydrogens is 484 g/mol. The van der Waals surface area contributed by atoms with Crippen molar-refractivity contribution in [1.82, 2.24) is 4.72 Å². The van der Waals surface area contributed by atoms with Gasteiger partial charge in [0.25, 0.3) is 0 Å². The quantitative estimate of drug-likeness (QED) is 0.225. The number of nitrogens with zero attached hydrogens (tertiary/aromatic N) is 1. The van der Waals surface area contributed by atoms with Crippen LogP contribution in [0.4, 0.5) is 11.4 Å². The molecule has 0 saturated carbocycles. The van der Waals surface area contributed by atoms with Crippen molar-refractivity contribution < 1.29 is 32.2 Å². The summed E-state index contributed by atoms with van der Waals surface area (Å²) in [5.41, 5.74) is 7.86. The molecule has 13 heteroatoms. The second kappa shape index (κ2) is 10.1. The van der Waals surface area contributed by atoms with E-state index < -0.39 is 39.2 Å². The number of nitrogens with two attached hydrogens (primary N) is 1. The molecule has 2 aromatic carbocycles. The lowest BCUT2D eigenvalue weighted by Crippen LogP contribution is -2.39. The number of benzene rings is 2. The molecule has 188 valence electrons. The lowest BCUT2D eigenvalue weighted by molar-refractivity contribution is -0.136. The highest BCUT2D eigenvalue weighted by Crippen LogP contribution is 2.49. The second-order valence-electron chi connectivity index (χ2n) is 8.41. The smallest absolute Gasteiger partial charge is 0.328 e. The SMILES string of the molecule is CC(C)C(N)C(=O)Oc1cc(Cc2ccccc2NS(C)(=O)=O)ccc1N1CC(O)NS1(O)O. The summed E-state index contributed by atoms with van der Waals surface area (Å²) in [5, 5.41) is 9.87. The highest BCUT2D eigenvalue weighted by molar-refractivity contribution is 8.24. The first kappa shape index (κ1) is 26.2. The summed E-state index contributed by atoms with van der Waals surface area (Å²) in [6.45, 7) is 3.39. The van der Waals surface area contributed by atoms with Crippen molar-refractivity contribution in [2.75, 3.05) is 21.8 Å². The molecule has 1 fully saturated rings. The lowest BCUT2D eigenvalue weighted by Gasteiger charge is -2.37. The molecule has 0 spiro atoms. The third-order valence-electron chi connectivity index (χ3n) is 5.14. The van der Waals surface area contributed by atoms with Crippen LogP contribution in [0.25, 0.3) is 0 Å². The maximum Gasteiger partial charge on any atom is 0.328 e. The van der Waals surface area contributed by atoms with E-state index in [-0.39, 0.29) is 30.3 Å². The van der Waals surface area contributed by atoms with Crippen LogP contribution < -0.4 is 24.2 Å². The fourth-order valence-corrected chi connectivity index (χ4v) is 5.32. The Bertz CT molecular complexity index is 1160. The van der Waals surface area contributed by atoms with E-state index in [2.05, 4.69) is 9.44 Å². The van der Waals surface area contributed by atoms with E-state index in [1.54, 1.807) is 56.3 Å². The fourth-order valence-electron chi connectivity index (χ4n) is 3.38. The molecule has 1 aliphatic rings. The zero-order valence-corrected chi connectivity index (χ0v) is 20.6. The van der Waals surface area contributed by atoms with E-state index in [0.29, 0.717) is 16.8 Å². The standard InChI is InChI=1S/C21H30N4O7S2/c1-13(2)20(22)21(27)32-18-11-14(8-9-17(18)25-12-19(26)24-34(25,30)31)10-15-6-4-5-7-16(15)23-33(3,28)29/h4-9,11,13,19-20,23-24,26,30-31H,10,12,22H2,1-3H3. The average molecular weight is 515 g/mol. The van der Waals surface area contributed by atoms with Crippen LogP contribution in [-0.2, 0) is 21.2 Å². The van der Waals surface area contributed by atoms with Crippen molar-refractivity contribution in [3.8, 4) is 5.75 Å². The minimum absolute atomic E-state index is 0.0306. The van der Waals surface area contributed by atoms with Gasteiger partial charge in [0.1, 0.15) is 18.0 Å². The topological polar surface area (TPSA) is 174 Å². The Balaban J connectivity index is 1.99. The Labute approximate surface area is 200 Å². The number of rotatable bonds is 8. The zero-order valence-electron chi connectivity index (χ0n) is 19.0. The maximum atomic E-state index is 12.6. The Morgan fingerprint density at radius 3 is 2.56 bits per heavy atom. The van der Waals surface area contributed by atoms with Gasteiger partial charge in [0.15, 0.2) is 5.75 Å². The highest BCUT2D eigenvalue weighted by Gasteiger charge is 2.37. The van der Waals surface area contributed by atoms with Crippen molar-refractivity contribution in [3.05, 3.63) is 53.6 Å². The molecule has 0 bridgehead atoms. The number of sulfonamides is 1. The molecule has 1 heterocycles. The molecule has 0 amide bonds. The number of hydrogen-bond donors (Lipinski definition) is 6. The van der Waals surface area contributed by atoms with Crippen LogP contribution in [-0.4, -0.2) is 53.7 Å². The van der Waals surface area contributed by atoms with Gasteiger partial charge >= 0.3 is 5.97 Å². The molecule has 2 atom stereocenters. The summed E-state index contributed by atoms with van der Waals surface area (Å²) in [6, 6.07) is 10.8. The van der Waals surface area contributed by atoms with Crippen molar-refractivity contribution >= 4 is 38.3 Å². The summed E-state index contributed by atoms with van der Waals surface area (Å²) in [5.74, 6) is -0.858. The van der Waals surface area contributed by atoms with Crippen LogP contribution in [0.3, 0.4) is 0 Å². The number of ether oxygens (including phenoxy) is 1. The van der Waals surface area contributed by atoms with Crippen LogP contribution in [0.2, 0.25) is 0 Å². The predicted molar refractivity (Wildman–Crippen MR) is 132 cm³/mol. The Morgan fingerprint density at radius 1 is 1.29 bits per heavy atom. The Hall–Kier alpha value is -2.39. The molecule has 0 aromatic heterocycles. The van der Waals surface area contributed by atoms with E-state index >= 15 is 0 Å². The minimum atomic E-state index is -3.55. The minimum Gasteiger partial charge on any atom is -0.423 e. The molecule has 2 aromatic rings. The van der Waals surface area contributed by atoms with E-state index in [4.69, 9.17) is 10.5 Å². The van der Waals surface area contributed by atoms with Crippen molar-refractivity contribution in [2.24, 2.45) is 11.7 Å². The van der Waals surface area contributed by atoms with Gasteiger partial charge in [-0.25, -0.2) is 13.2 Å². The number of aliphatic hydroxyl groups excluding tert-OH is 1. The van der Waals surface area contributed by atoms with Gasteiger partial charge in [-0.1, -0.05) is 49.1 Å². The zero-order chi connectivity index (χ0) is 25.3. The number of anilines is 2. The monoisotopic (exact) mass is 514 g/mol. The maximum absolute atomic E-state index is 12.6. The first-order valence-corrected chi connectivity index (χ1v) is 13.8. The number of carbonyl (C=O) groups excluding carboxylic acids is 1. The molecule has 11 nitrogen and oxygen atoms in total. The van der Waals surface area contributed by atoms with Crippen LogP contribution in [0, 0.1) is 5.92 Å². The predicted octanol–water partition coefficient (Wildman–Crippen LogP) is 1.85. The van der Waals surface area contributed by atoms with Crippen molar-refractivity contribution in [3.63, 3.8) is 0 Å². The number of aliphatic hydroxyl groups is 1. The van der Waals surface area contributed by atoms with E-state index in [1.807, 2.05) is 0 Å². The molecule has 1 saturated heterocycles. The molecular formula is C21H30N4O7S2. The van der Waals surface area contributed by atoms with Gasteiger partial charge in [0.2, 0.25) is 10.0 Å². The van der Waals surface area contributed by atoms with Gasteiger partial charge in [-0.05, 0) is 41.7 Å². The molecule has 34 heavy (non-hydrogen) atoms. The number of nitrogens with one attached hydrogen (secondary N) is 2. The van der Waals surface area contributed by atoms with Gasteiger partial charge in [-0.3, -0.25) is 18.1 Å². The normalized spacial score (nSPS) is 19.6. The number of β-amino-alcohol motifs (C(OH)–C–C–N with tert-alkyl or cyclic N) is 1. The van der Waals surface area contributed by atoms with E-state index in [1.165, 1.54) is 0 Å². The fraction of sp³-hybridized carbons (Fsp3) is 0.381. The summed E-state index contributed by atoms with van der Waals surface area (Å²) in [6.07, 6.45) is 0.155. The third kappa shape index (κ3) is 6.39. The number of para-hydroxylation sites is 1. The Morgan fingerprint density at radius 2 is 1.97 bits per heavy atom. The summed E-state index contributed by atoms with van der Waals surface area (Å²) < 4.78 is 55.6. The number of carbonyl (C=O) groups is 1. The van der Waals surface area contributed by atoms with Gasteiger partial charge in [-0.15, -0.1) is 0 Å². The molecule has 7 N–H and O–H groups in total. The molecule has 2 unspecified atom stereocenters. The van der Waals surface area contributed by atoms with E-state index in [9.17, 15) is 27.4 Å². The van der Waals surface area contributed by atoms with Crippen LogP contribution >= 0.6 is 11.0 Å². The largest absolute Gasteiger partial charge is 0.423 e. The lowest BCUT2D eigenvalue weighted by atomic mass is 10.0. The molecule has 0 aliphatic carbocycles. The van der Waals surface area contributed by atoms with Gasteiger partial charge in [0, 0.05) is 0 Å². The van der Waals surface area contributed by atoms with Gasteiger partial charge in [0.05, 0.1) is 18.5 Å². The van der Waals surface area contributed by atoms with Gasteiger partial charge < -0.3 is 15.6 Å². The summed E-state index contributed by atoms with van der Waals surface area (Å²) in [4.78, 5) is 12.6. The van der Waals surface area contributed by atoms with Gasteiger partial charge in [-0.2, -0.15) is 4.72 Å². The summed E-state index contributed by atoms with van der Waals surface area (Å²) in [7, 11) is -7.04.